The van der Waals surface area contributed by atoms with Crippen LogP contribution in [0, 0.1) is 0 Å². The van der Waals surface area contributed by atoms with Gasteiger partial charge < -0.3 is 15.4 Å². The van der Waals surface area contributed by atoms with E-state index in [1.807, 2.05) is 0 Å². The van der Waals surface area contributed by atoms with Gasteiger partial charge in [-0.1, -0.05) is 26.7 Å². The Morgan fingerprint density at radius 2 is 2.17 bits per heavy atom. The van der Waals surface area contributed by atoms with Crippen LogP contribution in [0.1, 0.15) is 52.4 Å². The van der Waals surface area contributed by atoms with Gasteiger partial charge in [-0.3, -0.25) is 4.79 Å². The van der Waals surface area contributed by atoms with E-state index in [1.54, 1.807) is 0 Å². The summed E-state index contributed by atoms with van der Waals surface area (Å²) >= 11 is 0. The molecule has 1 aliphatic heterocycles. The van der Waals surface area contributed by atoms with Crippen molar-refractivity contribution in [2.45, 2.75) is 57.9 Å². The summed E-state index contributed by atoms with van der Waals surface area (Å²) in [4.78, 5) is 12.2. The molecule has 1 fully saturated rings. The molecule has 0 aromatic carbocycles. The zero-order valence-electron chi connectivity index (χ0n) is 11.9. The second kappa shape index (κ2) is 8.48. The van der Waals surface area contributed by atoms with E-state index in [4.69, 9.17) is 4.74 Å². The Bertz CT molecular complexity index is 238. The van der Waals surface area contributed by atoms with E-state index in [1.165, 1.54) is 0 Å². The summed E-state index contributed by atoms with van der Waals surface area (Å²) in [7, 11) is 0. The fraction of sp³-hybridized carbons (Fsp3) is 0.929. The van der Waals surface area contributed by atoms with E-state index in [0.717, 1.165) is 51.7 Å². The van der Waals surface area contributed by atoms with Gasteiger partial charge in [0.15, 0.2) is 0 Å². The molecule has 1 unspecified atom stereocenters. The number of ether oxygens (including phenoxy) is 1. The van der Waals surface area contributed by atoms with Crippen molar-refractivity contribution < 1.29 is 9.53 Å². The maximum Gasteiger partial charge on any atom is 0.240 e. The number of hydrogen-bond acceptors (Lipinski definition) is 3. The summed E-state index contributed by atoms with van der Waals surface area (Å²) in [5.74, 6) is 0.154. The Morgan fingerprint density at radius 1 is 1.33 bits per heavy atom. The van der Waals surface area contributed by atoms with Gasteiger partial charge in [-0.05, 0) is 32.2 Å². The van der Waals surface area contributed by atoms with Crippen LogP contribution in [0.3, 0.4) is 0 Å². The van der Waals surface area contributed by atoms with Gasteiger partial charge in [-0.25, -0.2) is 0 Å². The molecular formula is C14H28N2O2. The zero-order chi connectivity index (χ0) is 13.3. The molecule has 0 aromatic rings. The molecule has 1 rings (SSSR count). The van der Waals surface area contributed by atoms with E-state index < -0.39 is 0 Å². The molecule has 1 aliphatic rings. The molecule has 18 heavy (non-hydrogen) atoms. The Kier molecular flexibility index (Phi) is 7.28. The van der Waals surface area contributed by atoms with Crippen molar-refractivity contribution in [3.63, 3.8) is 0 Å². The van der Waals surface area contributed by atoms with E-state index in [0.29, 0.717) is 13.2 Å². The first-order valence-electron chi connectivity index (χ1n) is 7.36. The van der Waals surface area contributed by atoms with Crippen LogP contribution in [-0.2, 0) is 9.53 Å². The number of carbonyl (C=O) groups is 1. The lowest BCUT2D eigenvalue weighted by atomic mass is 9.91. The highest BCUT2D eigenvalue weighted by Gasteiger charge is 2.39. The fourth-order valence-electron chi connectivity index (χ4n) is 2.51. The van der Waals surface area contributed by atoms with Gasteiger partial charge in [0.25, 0.3) is 0 Å². The summed E-state index contributed by atoms with van der Waals surface area (Å²) in [5.41, 5.74) is -0.307. The maximum absolute atomic E-state index is 12.2. The molecule has 1 amide bonds. The summed E-state index contributed by atoms with van der Waals surface area (Å²) in [6.07, 6.45) is 6.26. The van der Waals surface area contributed by atoms with Crippen LogP contribution < -0.4 is 10.6 Å². The van der Waals surface area contributed by atoms with Crippen LogP contribution in [0.4, 0.5) is 0 Å². The van der Waals surface area contributed by atoms with Gasteiger partial charge in [-0.15, -0.1) is 0 Å². The molecule has 0 saturated carbocycles. The lowest BCUT2D eigenvalue weighted by molar-refractivity contribution is -0.127. The lowest BCUT2D eigenvalue weighted by Gasteiger charge is -2.27. The first kappa shape index (κ1) is 15.4. The highest BCUT2D eigenvalue weighted by molar-refractivity contribution is 5.86. The van der Waals surface area contributed by atoms with E-state index >= 15 is 0 Å². The summed E-state index contributed by atoms with van der Waals surface area (Å²) in [5, 5.41) is 6.38. The fourth-order valence-corrected chi connectivity index (χ4v) is 2.51. The molecule has 1 heterocycles. The van der Waals surface area contributed by atoms with Gasteiger partial charge >= 0.3 is 0 Å². The Hall–Kier alpha value is -0.610. The van der Waals surface area contributed by atoms with E-state index in [2.05, 4.69) is 24.5 Å². The van der Waals surface area contributed by atoms with Crippen LogP contribution in [0.15, 0.2) is 0 Å². The Balaban J connectivity index is 2.21. The molecule has 4 heteroatoms. The first-order valence-corrected chi connectivity index (χ1v) is 7.36. The number of amides is 1. The molecule has 1 atom stereocenters. The molecule has 106 valence electrons. The molecule has 2 N–H and O–H groups in total. The molecule has 4 nitrogen and oxygen atoms in total. The highest BCUT2D eigenvalue weighted by atomic mass is 16.5. The average molecular weight is 256 g/mol. The van der Waals surface area contributed by atoms with Crippen LogP contribution in [-0.4, -0.2) is 37.7 Å². The standard InChI is InChI=1S/C14H28N2O2/c1-3-5-11-18-12-10-15-13(17)14(7-4-2)8-6-9-16-14/h16H,3-12H2,1-2H3,(H,15,17). The van der Waals surface area contributed by atoms with E-state index in [-0.39, 0.29) is 11.4 Å². The minimum absolute atomic E-state index is 0.154. The quantitative estimate of drug-likeness (QED) is 0.619. The van der Waals surface area contributed by atoms with Gasteiger partial charge in [0.2, 0.25) is 5.91 Å². The lowest BCUT2D eigenvalue weighted by Crippen LogP contribution is -2.53. The minimum Gasteiger partial charge on any atom is -0.380 e. The van der Waals surface area contributed by atoms with Crippen LogP contribution >= 0.6 is 0 Å². The third-order valence-electron chi connectivity index (χ3n) is 3.53. The van der Waals surface area contributed by atoms with Crippen LogP contribution in [0.5, 0.6) is 0 Å². The summed E-state index contributed by atoms with van der Waals surface area (Å²) in [6.45, 7) is 7.27. The smallest absolute Gasteiger partial charge is 0.240 e. The number of rotatable bonds is 9. The first-order chi connectivity index (χ1) is 8.75. The molecular weight excluding hydrogens is 228 g/mol. The molecule has 0 radical (unpaired) electrons. The number of hydrogen-bond donors (Lipinski definition) is 2. The maximum atomic E-state index is 12.2. The number of unbranched alkanes of at least 4 members (excludes halogenated alkanes) is 1. The third kappa shape index (κ3) is 4.58. The van der Waals surface area contributed by atoms with Crippen LogP contribution in [0.2, 0.25) is 0 Å². The normalized spacial score (nSPS) is 23.2. The number of carbonyl (C=O) groups excluding carboxylic acids is 1. The summed E-state index contributed by atoms with van der Waals surface area (Å²) < 4.78 is 5.44. The summed E-state index contributed by atoms with van der Waals surface area (Å²) in [6, 6.07) is 0. The van der Waals surface area contributed by atoms with E-state index in [9.17, 15) is 4.79 Å². The second-order valence-corrected chi connectivity index (χ2v) is 5.08. The van der Waals surface area contributed by atoms with Crippen molar-refractivity contribution in [2.24, 2.45) is 0 Å². The highest BCUT2D eigenvalue weighted by Crippen LogP contribution is 2.24. The molecule has 1 saturated heterocycles. The van der Waals surface area contributed by atoms with Crippen molar-refractivity contribution in [2.75, 3.05) is 26.3 Å². The number of nitrogens with one attached hydrogen (secondary N) is 2. The van der Waals surface area contributed by atoms with Gasteiger partial charge in [0.05, 0.1) is 12.1 Å². The molecule has 0 spiro atoms. The molecule has 0 aromatic heterocycles. The largest absolute Gasteiger partial charge is 0.380 e. The van der Waals surface area contributed by atoms with Gasteiger partial charge in [-0.2, -0.15) is 0 Å². The van der Waals surface area contributed by atoms with Crippen LogP contribution in [0.25, 0.3) is 0 Å². The van der Waals surface area contributed by atoms with Crippen molar-refractivity contribution in [1.29, 1.82) is 0 Å². The van der Waals surface area contributed by atoms with Crippen molar-refractivity contribution in [3.05, 3.63) is 0 Å². The second-order valence-electron chi connectivity index (χ2n) is 5.08. The predicted molar refractivity (Wildman–Crippen MR) is 73.6 cm³/mol. The zero-order valence-corrected chi connectivity index (χ0v) is 11.9. The Labute approximate surface area is 111 Å². The van der Waals surface area contributed by atoms with Crippen molar-refractivity contribution in [3.8, 4) is 0 Å². The van der Waals surface area contributed by atoms with Gasteiger partial charge in [0.1, 0.15) is 0 Å². The predicted octanol–water partition coefficient (Wildman–Crippen LogP) is 1.84. The SMILES string of the molecule is CCCCOCCNC(=O)C1(CCC)CCCN1. The molecule has 0 aliphatic carbocycles. The third-order valence-corrected chi connectivity index (χ3v) is 3.53. The van der Waals surface area contributed by atoms with Crippen molar-refractivity contribution in [1.82, 2.24) is 10.6 Å². The Morgan fingerprint density at radius 3 is 2.78 bits per heavy atom. The minimum atomic E-state index is -0.307. The average Bonchev–Trinajstić information content (AvgIpc) is 2.83. The monoisotopic (exact) mass is 256 g/mol. The molecule has 0 bridgehead atoms. The topological polar surface area (TPSA) is 50.4 Å². The van der Waals surface area contributed by atoms with Gasteiger partial charge in [0, 0.05) is 13.2 Å². The van der Waals surface area contributed by atoms with Crippen molar-refractivity contribution >= 4 is 5.91 Å².